The standard InChI is InChI=1S/C18H28N4O4S/c1-18(2,3)26-17(25)20-14(10-11-27-4)16(24)19-12-15(23)22-21-13-8-6-5-7-9-13/h5-9,14,21H,10-12H2,1-4H3,(H,19,24)(H,20,25)(H,22,23)/t14-/m0/s1. The van der Waals surface area contributed by atoms with Gasteiger partial charge in [0.05, 0.1) is 12.2 Å². The fourth-order valence-corrected chi connectivity index (χ4v) is 2.42. The average Bonchev–Trinajstić information content (AvgIpc) is 2.60. The molecule has 0 radical (unpaired) electrons. The summed E-state index contributed by atoms with van der Waals surface area (Å²) in [5, 5.41) is 5.08. The van der Waals surface area contributed by atoms with Gasteiger partial charge in [-0.2, -0.15) is 11.8 Å². The molecule has 4 N–H and O–H groups in total. The number of ether oxygens (including phenoxy) is 1. The Bertz CT molecular complexity index is 620. The Morgan fingerprint density at radius 3 is 2.41 bits per heavy atom. The zero-order chi connectivity index (χ0) is 20.3. The quantitative estimate of drug-likeness (QED) is 0.475. The number of nitrogens with one attached hydrogen (secondary N) is 4. The summed E-state index contributed by atoms with van der Waals surface area (Å²) in [6.45, 7) is 5.01. The molecule has 27 heavy (non-hydrogen) atoms. The van der Waals surface area contributed by atoms with Gasteiger partial charge in [0.1, 0.15) is 11.6 Å². The molecule has 8 nitrogen and oxygen atoms in total. The molecule has 0 saturated heterocycles. The topological polar surface area (TPSA) is 109 Å². The van der Waals surface area contributed by atoms with Crippen molar-refractivity contribution in [2.45, 2.75) is 38.8 Å². The summed E-state index contributed by atoms with van der Waals surface area (Å²) < 4.78 is 5.19. The van der Waals surface area contributed by atoms with Crippen molar-refractivity contribution in [3.8, 4) is 0 Å². The number of rotatable bonds is 9. The summed E-state index contributed by atoms with van der Waals surface area (Å²) in [6, 6.07) is 8.33. The van der Waals surface area contributed by atoms with E-state index in [4.69, 9.17) is 4.74 Å². The normalized spacial score (nSPS) is 11.9. The van der Waals surface area contributed by atoms with Crippen molar-refractivity contribution in [1.29, 1.82) is 0 Å². The smallest absolute Gasteiger partial charge is 0.408 e. The summed E-state index contributed by atoms with van der Waals surface area (Å²) in [6.07, 6.45) is 1.67. The molecule has 0 aliphatic carbocycles. The van der Waals surface area contributed by atoms with Gasteiger partial charge >= 0.3 is 6.09 Å². The lowest BCUT2D eigenvalue weighted by Gasteiger charge is -2.23. The molecule has 1 atom stereocenters. The number of hydrogen-bond donors (Lipinski definition) is 4. The average molecular weight is 397 g/mol. The highest BCUT2D eigenvalue weighted by atomic mass is 32.2. The van der Waals surface area contributed by atoms with E-state index >= 15 is 0 Å². The second-order valence-electron chi connectivity index (χ2n) is 6.74. The fourth-order valence-electron chi connectivity index (χ4n) is 1.95. The van der Waals surface area contributed by atoms with Crippen molar-refractivity contribution in [1.82, 2.24) is 16.1 Å². The van der Waals surface area contributed by atoms with Crippen LogP contribution in [0.2, 0.25) is 0 Å². The van der Waals surface area contributed by atoms with Crippen molar-refractivity contribution in [2.75, 3.05) is 24.0 Å². The highest BCUT2D eigenvalue weighted by Gasteiger charge is 2.24. The van der Waals surface area contributed by atoms with Crippen LogP contribution in [0.3, 0.4) is 0 Å². The molecular weight excluding hydrogens is 368 g/mol. The Morgan fingerprint density at radius 2 is 1.81 bits per heavy atom. The van der Waals surface area contributed by atoms with Crippen molar-refractivity contribution in [2.24, 2.45) is 0 Å². The maximum absolute atomic E-state index is 12.3. The first-order valence-corrected chi connectivity index (χ1v) is 9.96. The predicted octanol–water partition coefficient (Wildman–Crippen LogP) is 1.89. The number of amides is 3. The maximum atomic E-state index is 12.3. The third-order valence-electron chi connectivity index (χ3n) is 3.16. The molecule has 0 heterocycles. The van der Waals surface area contributed by atoms with Gasteiger partial charge in [-0.3, -0.25) is 20.4 Å². The van der Waals surface area contributed by atoms with Gasteiger partial charge in [-0.15, -0.1) is 0 Å². The molecule has 0 saturated carbocycles. The van der Waals surface area contributed by atoms with E-state index in [-0.39, 0.29) is 6.54 Å². The first kappa shape index (κ1) is 22.6. The molecule has 0 fully saturated rings. The van der Waals surface area contributed by atoms with Gasteiger partial charge in [0.25, 0.3) is 5.91 Å². The summed E-state index contributed by atoms with van der Waals surface area (Å²) in [5.41, 5.74) is 5.30. The lowest BCUT2D eigenvalue weighted by molar-refractivity contribution is -0.127. The monoisotopic (exact) mass is 396 g/mol. The van der Waals surface area contributed by atoms with E-state index < -0.39 is 29.6 Å². The fraction of sp³-hybridized carbons (Fsp3) is 0.500. The highest BCUT2D eigenvalue weighted by molar-refractivity contribution is 7.98. The van der Waals surface area contributed by atoms with Crippen LogP contribution in [0.15, 0.2) is 30.3 Å². The van der Waals surface area contributed by atoms with E-state index in [0.29, 0.717) is 12.2 Å². The Kier molecular flexibility index (Phi) is 9.49. The van der Waals surface area contributed by atoms with E-state index in [0.717, 1.165) is 5.69 Å². The van der Waals surface area contributed by atoms with Crippen LogP contribution in [0.25, 0.3) is 0 Å². The van der Waals surface area contributed by atoms with Gasteiger partial charge in [0.15, 0.2) is 0 Å². The predicted molar refractivity (Wildman–Crippen MR) is 107 cm³/mol. The van der Waals surface area contributed by atoms with Crippen LogP contribution in [0.5, 0.6) is 0 Å². The van der Waals surface area contributed by atoms with Crippen molar-refractivity contribution in [3.05, 3.63) is 30.3 Å². The van der Waals surface area contributed by atoms with Gasteiger partial charge < -0.3 is 15.4 Å². The number of thioether (sulfide) groups is 1. The van der Waals surface area contributed by atoms with Crippen LogP contribution in [0, 0.1) is 0 Å². The molecule has 9 heteroatoms. The minimum Gasteiger partial charge on any atom is -0.444 e. The number of carbonyl (C=O) groups is 3. The van der Waals surface area contributed by atoms with Crippen LogP contribution in [0.4, 0.5) is 10.5 Å². The largest absolute Gasteiger partial charge is 0.444 e. The first-order chi connectivity index (χ1) is 12.7. The Balaban J connectivity index is 2.47. The van der Waals surface area contributed by atoms with Crippen molar-refractivity contribution < 1.29 is 19.1 Å². The van der Waals surface area contributed by atoms with Crippen molar-refractivity contribution in [3.63, 3.8) is 0 Å². The number of hydrogen-bond acceptors (Lipinski definition) is 6. The molecule has 150 valence electrons. The summed E-state index contributed by atoms with van der Waals surface area (Å²) in [5.74, 6) is -0.173. The van der Waals surface area contributed by atoms with Crippen LogP contribution < -0.4 is 21.5 Å². The molecule has 0 aromatic heterocycles. The van der Waals surface area contributed by atoms with Crippen LogP contribution in [-0.2, 0) is 14.3 Å². The second-order valence-corrected chi connectivity index (χ2v) is 7.72. The summed E-state index contributed by atoms with van der Waals surface area (Å²) in [4.78, 5) is 36.1. The van der Waals surface area contributed by atoms with Crippen molar-refractivity contribution >= 4 is 35.4 Å². The summed E-state index contributed by atoms with van der Waals surface area (Å²) in [7, 11) is 0. The molecule has 0 spiro atoms. The maximum Gasteiger partial charge on any atom is 0.408 e. The molecule has 0 unspecified atom stereocenters. The minimum atomic E-state index is -0.776. The molecule has 1 aromatic rings. The second kappa shape index (κ2) is 11.3. The van der Waals surface area contributed by atoms with Gasteiger partial charge in [-0.1, -0.05) is 18.2 Å². The van der Waals surface area contributed by atoms with Crippen LogP contribution >= 0.6 is 11.8 Å². The number of alkyl carbamates (subject to hydrolysis) is 1. The van der Waals surface area contributed by atoms with E-state index in [1.54, 1.807) is 44.7 Å². The van der Waals surface area contributed by atoms with Gasteiger partial charge in [-0.05, 0) is 51.3 Å². The zero-order valence-corrected chi connectivity index (χ0v) is 16.9. The van der Waals surface area contributed by atoms with E-state index in [1.807, 2.05) is 24.5 Å². The van der Waals surface area contributed by atoms with E-state index in [1.165, 1.54) is 0 Å². The minimum absolute atomic E-state index is 0.218. The number of hydrazine groups is 1. The molecule has 0 aliphatic heterocycles. The third-order valence-corrected chi connectivity index (χ3v) is 3.81. The Hall–Kier alpha value is -2.42. The van der Waals surface area contributed by atoms with E-state index in [2.05, 4.69) is 21.5 Å². The number of benzene rings is 1. The van der Waals surface area contributed by atoms with Gasteiger partial charge in [0.2, 0.25) is 5.91 Å². The van der Waals surface area contributed by atoms with Crippen LogP contribution in [-0.4, -0.2) is 48.1 Å². The molecule has 3 amide bonds. The highest BCUT2D eigenvalue weighted by Crippen LogP contribution is 2.08. The molecule has 1 aromatic carbocycles. The molecule has 0 aliphatic rings. The lowest BCUT2D eigenvalue weighted by Crippen LogP contribution is -2.50. The van der Waals surface area contributed by atoms with Gasteiger partial charge in [-0.25, -0.2) is 4.79 Å². The van der Waals surface area contributed by atoms with Crippen LogP contribution in [0.1, 0.15) is 27.2 Å². The molecular formula is C18H28N4O4S. The number of para-hydroxylation sites is 1. The van der Waals surface area contributed by atoms with E-state index in [9.17, 15) is 14.4 Å². The summed E-state index contributed by atoms with van der Waals surface area (Å²) >= 11 is 1.56. The van der Waals surface area contributed by atoms with Gasteiger partial charge in [0, 0.05) is 0 Å². The third kappa shape index (κ3) is 10.3. The zero-order valence-electron chi connectivity index (χ0n) is 16.1. The first-order valence-electron chi connectivity index (χ1n) is 8.57. The SMILES string of the molecule is CSCC[C@H](NC(=O)OC(C)(C)C)C(=O)NCC(=O)NNc1ccccc1. The molecule has 1 rings (SSSR count). The Morgan fingerprint density at radius 1 is 1.15 bits per heavy atom. The number of anilines is 1. The number of carbonyl (C=O) groups excluding carboxylic acids is 3. The Labute approximate surface area is 164 Å². The molecule has 0 bridgehead atoms. The lowest BCUT2D eigenvalue weighted by atomic mass is 10.2.